The van der Waals surface area contributed by atoms with Gasteiger partial charge < -0.3 is 16.4 Å². The normalized spacial score (nSPS) is 21.9. The lowest BCUT2D eigenvalue weighted by molar-refractivity contribution is -0.121. The molecule has 2 heterocycles. The molecule has 20 heavy (non-hydrogen) atoms. The molecule has 1 amide bonds. The highest BCUT2D eigenvalue weighted by atomic mass is 16.1. The number of aromatic nitrogens is 1. The number of hydrogen-bond acceptors (Lipinski definition) is 4. The maximum absolute atomic E-state index is 11.3. The Balaban J connectivity index is 1.90. The minimum absolute atomic E-state index is 0.0570. The van der Waals surface area contributed by atoms with Crippen molar-refractivity contribution >= 4 is 11.7 Å². The van der Waals surface area contributed by atoms with E-state index in [2.05, 4.69) is 11.0 Å². The van der Waals surface area contributed by atoms with E-state index in [1.165, 1.54) is 24.1 Å². The Morgan fingerprint density at radius 1 is 1.40 bits per heavy atom. The van der Waals surface area contributed by atoms with E-state index < -0.39 is 0 Å². The van der Waals surface area contributed by atoms with Crippen LogP contribution in [0, 0.1) is 5.92 Å². The fourth-order valence-corrected chi connectivity index (χ4v) is 3.28. The van der Waals surface area contributed by atoms with E-state index in [0.29, 0.717) is 13.1 Å². The maximum Gasteiger partial charge on any atom is 0.222 e. The second kappa shape index (κ2) is 5.40. The number of pyridine rings is 1. The zero-order valence-corrected chi connectivity index (χ0v) is 11.8. The third kappa shape index (κ3) is 2.38. The zero-order valence-electron chi connectivity index (χ0n) is 11.8. The van der Waals surface area contributed by atoms with Gasteiger partial charge in [0.1, 0.15) is 5.82 Å². The van der Waals surface area contributed by atoms with E-state index >= 15 is 0 Å². The van der Waals surface area contributed by atoms with Crippen molar-refractivity contribution in [2.24, 2.45) is 17.4 Å². The summed E-state index contributed by atoms with van der Waals surface area (Å²) in [6.45, 7) is 2.01. The van der Waals surface area contributed by atoms with Crippen molar-refractivity contribution in [3.8, 4) is 0 Å². The lowest BCUT2D eigenvalue weighted by Gasteiger charge is -2.24. The standard InChI is InChI=1S/C15H22N4O/c16-8-12-7-10-3-1-2-4-13(10)18-15(12)19-6-5-11(9-19)14(17)20/h7,11H,1-6,8-9,16H2,(H2,17,20). The molecule has 0 radical (unpaired) electrons. The average molecular weight is 274 g/mol. The van der Waals surface area contributed by atoms with Crippen LogP contribution in [0.25, 0.3) is 0 Å². The fraction of sp³-hybridized carbons (Fsp3) is 0.600. The first-order chi connectivity index (χ1) is 9.69. The Kier molecular flexibility index (Phi) is 3.61. The molecule has 1 aliphatic heterocycles. The monoisotopic (exact) mass is 274 g/mol. The summed E-state index contributed by atoms with van der Waals surface area (Å²) >= 11 is 0. The second-order valence-corrected chi connectivity index (χ2v) is 5.82. The van der Waals surface area contributed by atoms with Gasteiger partial charge >= 0.3 is 0 Å². The highest BCUT2D eigenvalue weighted by molar-refractivity contribution is 5.78. The minimum Gasteiger partial charge on any atom is -0.369 e. The largest absolute Gasteiger partial charge is 0.369 e. The summed E-state index contributed by atoms with van der Waals surface area (Å²) < 4.78 is 0. The van der Waals surface area contributed by atoms with Crippen LogP contribution in [0.4, 0.5) is 5.82 Å². The molecule has 0 saturated carbocycles. The summed E-state index contributed by atoms with van der Waals surface area (Å²) in [6, 6.07) is 2.22. The van der Waals surface area contributed by atoms with Crippen molar-refractivity contribution in [3.05, 3.63) is 22.9 Å². The molecule has 1 unspecified atom stereocenters. The fourth-order valence-electron chi connectivity index (χ4n) is 3.28. The van der Waals surface area contributed by atoms with Crippen molar-refractivity contribution in [1.82, 2.24) is 4.98 Å². The lowest BCUT2D eigenvalue weighted by Crippen LogP contribution is -2.29. The number of amides is 1. The van der Waals surface area contributed by atoms with Gasteiger partial charge in [-0.2, -0.15) is 0 Å². The molecule has 4 N–H and O–H groups in total. The first-order valence-corrected chi connectivity index (χ1v) is 7.45. The van der Waals surface area contributed by atoms with Gasteiger partial charge in [0.2, 0.25) is 5.91 Å². The third-order valence-electron chi connectivity index (χ3n) is 4.47. The highest BCUT2D eigenvalue weighted by Gasteiger charge is 2.29. The first kappa shape index (κ1) is 13.4. The molecule has 2 aliphatic rings. The molecule has 1 aromatic rings. The molecule has 1 fully saturated rings. The van der Waals surface area contributed by atoms with Crippen LogP contribution in [0.2, 0.25) is 0 Å². The smallest absolute Gasteiger partial charge is 0.222 e. The number of hydrogen-bond donors (Lipinski definition) is 2. The molecule has 1 aromatic heterocycles. The molecule has 1 saturated heterocycles. The van der Waals surface area contributed by atoms with Gasteiger partial charge in [-0.25, -0.2) is 4.98 Å². The highest BCUT2D eigenvalue weighted by Crippen LogP contribution is 2.29. The van der Waals surface area contributed by atoms with Gasteiger partial charge in [0, 0.05) is 30.9 Å². The van der Waals surface area contributed by atoms with Gasteiger partial charge in [-0.05, 0) is 43.7 Å². The second-order valence-electron chi connectivity index (χ2n) is 5.82. The predicted octanol–water partition coefficient (Wildman–Crippen LogP) is 0.731. The van der Waals surface area contributed by atoms with E-state index in [-0.39, 0.29) is 11.8 Å². The lowest BCUT2D eigenvalue weighted by atomic mass is 9.94. The van der Waals surface area contributed by atoms with Crippen LogP contribution >= 0.6 is 0 Å². The molecule has 5 nitrogen and oxygen atoms in total. The Morgan fingerprint density at radius 2 is 2.20 bits per heavy atom. The Morgan fingerprint density at radius 3 is 2.90 bits per heavy atom. The molecule has 0 spiro atoms. The Hall–Kier alpha value is -1.62. The number of nitrogens with zero attached hydrogens (tertiary/aromatic N) is 2. The number of fused-ring (bicyclic) bond motifs is 1. The van der Waals surface area contributed by atoms with E-state index in [1.807, 2.05) is 0 Å². The van der Waals surface area contributed by atoms with Crippen molar-refractivity contribution in [3.63, 3.8) is 0 Å². The Bertz CT molecular complexity index is 529. The van der Waals surface area contributed by atoms with Crippen molar-refractivity contribution in [2.75, 3.05) is 18.0 Å². The maximum atomic E-state index is 11.3. The van der Waals surface area contributed by atoms with Crippen LogP contribution in [0.5, 0.6) is 0 Å². The van der Waals surface area contributed by atoms with Gasteiger partial charge in [0.05, 0.1) is 5.92 Å². The molecule has 5 heteroatoms. The number of rotatable bonds is 3. The molecule has 108 valence electrons. The van der Waals surface area contributed by atoms with E-state index in [0.717, 1.165) is 37.2 Å². The summed E-state index contributed by atoms with van der Waals surface area (Å²) in [7, 11) is 0. The summed E-state index contributed by atoms with van der Waals surface area (Å²) in [4.78, 5) is 18.3. The van der Waals surface area contributed by atoms with E-state index in [1.54, 1.807) is 0 Å². The van der Waals surface area contributed by atoms with Crippen molar-refractivity contribution in [2.45, 2.75) is 38.6 Å². The number of nitrogens with two attached hydrogens (primary N) is 2. The number of carbonyl (C=O) groups is 1. The summed E-state index contributed by atoms with van der Waals surface area (Å²) in [5.41, 5.74) is 15.0. The minimum atomic E-state index is -0.209. The molecule has 1 atom stereocenters. The topological polar surface area (TPSA) is 85.2 Å². The van der Waals surface area contributed by atoms with Crippen molar-refractivity contribution in [1.29, 1.82) is 0 Å². The van der Waals surface area contributed by atoms with Crippen molar-refractivity contribution < 1.29 is 4.79 Å². The first-order valence-electron chi connectivity index (χ1n) is 7.45. The van der Waals surface area contributed by atoms with Crippen LogP contribution in [-0.4, -0.2) is 24.0 Å². The molecule has 1 aliphatic carbocycles. The van der Waals surface area contributed by atoms with Crippen LogP contribution in [0.3, 0.4) is 0 Å². The van der Waals surface area contributed by atoms with Gasteiger partial charge in [0.15, 0.2) is 0 Å². The SMILES string of the molecule is NCc1cc2c(nc1N1CCC(C(N)=O)C1)CCCC2. The molecular formula is C15H22N4O. The van der Waals surface area contributed by atoms with Crippen LogP contribution in [0.1, 0.15) is 36.1 Å². The summed E-state index contributed by atoms with van der Waals surface area (Å²) in [6.07, 6.45) is 5.44. The van der Waals surface area contributed by atoms with E-state index in [4.69, 9.17) is 16.5 Å². The van der Waals surface area contributed by atoms with Crippen LogP contribution in [-0.2, 0) is 24.2 Å². The summed E-state index contributed by atoms with van der Waals surface area (Å²) in [5.74, 6) is 0.704. The van der Waals surface area contributed by atoms with Gasteiger partial charge in [0.25, 0.3) is 0 Å². The van der Waals surface area contributed by atoms with Gasteiger partial charge in [-0.1, -0.05) is 0 Å². The van der Waals surface area contributed by atoms with Gasteiger partial charge in [-0.15, -0.1) is 0 Å². The molecular weight excluding hydrogens is 252 g/mol. The van der Waals surface area contributed by atoms with Gasteiger partial charge in [-0.3, -0.25) is 4.79 Å². The predicted molar refractivity (Wildman–Crippen MR) is 78.3 cm³/mol. The van der Waals surface area contributed by atoms with E-state index in [9.17, 15) is 4.79 Å². The number of carbonyl (C=O) groups excluding carboxylic acids is 1. The summed E-state index contributed by atoms with van der Waals surface area (Å²) in [5, 5.41) is 0. The number of anilines is 1. The quantitative estimate of drug-likeness (QED) is 0.851. The number of primary amides is 1. The molecule has 0 aromatic carbocycles. The number of aryl methyl sites for hydroxylation is 2. The third-order valence-corrected chi connectivity index (χ3v) is 4.47. The van der Waals surface area contributed by atoms with Crippen LogP contribution < -0.4 is 16.4 Å². The Labute approximate surface area is 119 Å². The average Bonchev–Trinajstić information content (AvgIpc) is 2.95. The molecule has 0 bridgehead atoms. The van der Waals surface area contributed by atoms with Crippen LogP contribution in [0.15, 0.2) is 6.07 Å². The molecule has 3 rings (SSSR count). The zero-order chi connectivity index (χ0) is 14.1.